The van der Waals surface area contributed by atoms with Crippen molar-refractivity contribution in [1.82, 2.24) is 15.6 Å². The molecule has 0 radical (unpaired) electrons. The fourth-order valence-electron chi connectivity index (χ4n) is 2.37. The first-order valence-electron chi connectivity index (χ1n) is 6.57. The predicted octanol–water partition coefficient (Wildman–Crippen LogP) is 1.40. The number of hydrogen-bond donors (Lipinski definition) is 2. The van der Waals surface area contributed by atoms with Gasteiger partial charge in [0.05, 0.1) is 5.41 Å². The maximum Gasteiger partial charge on any atom is 0.227 e. The van der Waals surface area contributed by atoms with Crippen molar-refractivity contribution in [1.29, 1.82) is 0 Å². The first-order valence-corrected chi connectivity index (χ1v) is 6.57. The monoisotopic (exact) mass is 247 g/mol. The van der Waals surface area contributed by atoms with Crippen molar-refractivity contribution in [2.45, 2.75) is 33.2 Å². The third kappa shape index (κ3) is 2.70. The van der Waals surface area contributed by atoms with Gasteiger partial charge in [-0.3, -0.25) is 9.78 Å². The number of nitrogens with zero attached hydrogens (tertiary/aromatic N) is 1. The summed E-state index contributed by atoms with van der Waals surface area (Å²) in [6, 6.07) is 3.97. The number of amides is 1. The number of aryl methyl sites for hydroxylation is 1. The van der Waals surface area contributed by atoms with Gasteiger partial charge in [0.1, 0.15) is 0 Å². The SMILES string of the molecule is CCC1(C(=O)NCc2ccc(C)nc2)CCNC1. The van der Waals surface area contributed by atoms with E-state index in [4.69, 9.17) is 0 Å². The number of pyridine rings is 1. The minimum Gasteiger partial charge on any atom is -0.351 e. The van der Waals surface area contributed by atoms with Crippen LogP contribution in [-0.4, -0.2) is 24.0 Å². The summed E-state index contributed by atoms with van der Waals surface area (Å²) >= 11 is 0. The van der Waals surface area contributed by atoms with Crippen molar-refractivity contribution in [2.75, 3.05) is 13.1 Å². The smallest absolute Gasteiger partial charge is 0.227 e. The second kappa shape index (κ2) is 5.48. The van der Waals surface area contributed by atoms with E-state index in [9.17, 15) is 4.79 Å². The van der Waals surface area contributed by atoms with E-state index in [0.717, 1.165) is 37.2 Å². The van der Waals surface area contributed by atoms with Crippen molar-refractivity contribution in [3.05, 3.63) is 29.6 Å². The molecule has 1 aliphatic rings. The molecule has 4 heteroatoms. The van der Waals surface area contributed by atoms with Gasteiger partial charge in [-0.15, -0.1) is 0 Å². The second-order valence-corrected chi connectivity index (χ2v) is 5.05. The van der Waals surface area contributed by atoms with Crippen LogP contribution in [0.3, 0.4) is 0 Å². The summed E-state index contributed by atoms with van der Waals surface area (Å²) in [7, 11) is 0. The van der Waals surface area contributed by atoms with Gasteiger partial charge in [0, 0.05) is 25.0 Å². The van der Waals surface area contributed by atoms with Gasteiger partial charge in [-0.1, -0.05) is 13.0 Å². The van der Waals surface area contributed by atoms with E-state index in [-0.39, 0.29) is 11.3 Å². The zero-order chi connectivity index (χ0) is 13.0. The molecule has 2 heterocycles. The van der Waals surface area contributed by atoms with E-state index in [1.807, 2.05) is 25.3 Å². The lowest BCUT2D eigenvalue weighted by Gasteiger charge is -2.25. The Bertz CT molecular complexity index is 408. The van der Waals surface area contributed by atoms with Crippen LogP contribution >= 0.6 is 0 Å². The van der Waals surface area contributed by atoms with Crippen molar-refractivity contribution >= 4 is 5.91 Å². The second-order valence-electron chi connectivity index (χ2n) is 5.05. The molecule has 1 amide bonds. The molecule has 2 N–H and O–H groups in total. The molecular formula is C14H21N3O. The molecule has 1 saturated heterocycles. The number of aromatic nitrogens is 1. The molecule has 18 heavy (non-hydrogen) atoms. The molecule has 4 nitrogen and oxygen atoms in total. The Morgan fingerprint density at radius 3 is 2.94 bits per heavy atom. The van der Waals surface area contributed by atoms with Crippen LogP contribution in [0, 0.1) is 12.3 Å². The number of rotatable bonds is 4. The van der Waals surface area contributed by atoms with Crippen LogP contribution in [0.5, 0.6) is 0 Å². The summed E-state index contributed by atoms with van der Waals surface area (Å²) in [6.45, 7) is 6.33. The van der Waals surface area contributed by atoms with Crippen molar-refractivity contribution in [3.63, 3.8) is 0 Å². The summed E-state index contributed by atoms with van der Waals surface area (Å²) in [5, 5.41) is 6.31. The quantitative estimate of drug-likeness (QED) is 0.845. The number of carbonyl (C=O) groups is 1. The van der Waals surface area contributed by atoms with Crippen LogP contribution < -0.4 is 10.6 Å². The highest BCUT2D eigenvalue weighted by Crippen LogP contribution is 2.29. The van der Waals surface area contributed by atoms with Crippen LogP contribution in [0.25, 0.3) is 0 Å². The Labute approximate surface area is 108 Å². The van der Waals surface area contributed by atoms with Crippen LogP contribution in [-0.2, 0) is 11.3 Å². The van der Waals surface area contributed by atoms with E-state index in [2.05, 4.69) is 22.5 Å². The summed E-state index contributed by atoms with van der Waals surface area (Å²) in [5.74, 6) is 0.163. The molecule has 1 aliphatic heterocycles. The van der Waals surface area contributed by atoms with Crippen molar-refractivity contribution < 1.29 is 4.79 Å². The van der Waals surface area contributed by atoms with E-state index < -0.39 is 0 Å². The molecule has 0 bridgehead atoms. The Hall–Kier alpha value is -1.42. The zero-order valence-corrected chi connectivity index (χ0v) is 11.1. The molecule has 98 valence electrons. The first kappa shape index (κ1) is 13.0. The summed E-state index contributed by atoms with van der Waals surface area (Å²) in [4.78, 5) is 16.5. The lowest BCUT2D eigenvalue weighted by atomic mass is 9.83. The average Bonchev–Trinajstić information content (AvgIpc) is 2.88. The van der Waals surface area contributed by atoms with E-state index in [0.29, 0.717) is 6.54 Å². The lowest BCUT2D eigenvalue weighted by molar-refractivity contribution is -0.130. The van der Waals surface area contributed by atoms with Gasteiger partial charge in [-0.05, 0) is 37.9 Å². The summed E-state index contributed by atoms with van der Waals surface area (Å²) in [6.07, 6.45) is 3.64. The number of nitrogens with one attached hydrogen (secondary N) is 2. The van der Waals surface area contributed by atoms with E-state index in [1.165, 1.54) is 0 Å². The fourth-order valence-corrected chi connectivity index (χ4v) is 2.37. The topological polar surface area (TPSA) is 54.0 Å². The Balaban J connectivity index is 1.93. The molecule has 0 aromatic carbocycles. The third-order valence-corrected chi connectivity index (χ3v) is 3.83. The van der Waals surface area contributed by atoms with E-state index >= 15 is 0 Å². The number of hydrogen-bond acceptors (Lipinski definition) is 3. The Morgan fingerprint density at radius 1 is 1.56 bits per heavy atom. The van der Waals surface area contributed by atoms with Gasteiger partial charge in [0.2, 0.25) is 5.91 Å². The molecule has 1 atom stereocenters. The molecule has 0 spiro atoms. The van der Waals surface area contributed by atoms with Crippen LogP contribution in [0.15, 0.2) is 18.3 Å². The van der Waals surface area contributed by atoms with Gasteiger partial charge >= 0.3 is 0 Å². The minimum absolute atomic E-state index is 0.163. The van der Waals surface area contributed by atoms with Crippen molar-refractivity contribution in [3.8, 4) is 0 Å². The Kier molecular flexibility index (Phi) is 3.97. The highest BCUT2D eigenvalue weighted by molar-refractivity contribution is 5.83. The highest BCUT2D eigenvalue weighted by Gasteiger charge is 2.39. The minimum atomic E-state index is -0.210. The van der Waals surface area contributed by atoms with Crippen LogP contribution in [0.2, 0.25) is 0 Å². The number of carbonyl (C=O) groups excluding carboxylic acids is 1. The molecule has 1 unspecified atom stereocenters. The Morgan fingerprint density at radius 2 is 2.39 bits per heavy atom. The molecular weight excluding hydrogens is 226 g/mol. The maximum absolute atomic E-state index is 12.3. The summed E-state index contributed by atoms with van der Waals surface area (Å²) < 4.78 is 0. The highest BCUT2D eigenvalue weighted by atomic mass is 16.2. The first-order chi connectivity index (χ1) is 8.66. The van der Waals surface area contributed by atoms with Crippen LogP contribution in [0.1, 0.15) is 31.0 Å². The van der Waals surface area contributed by atoms with Gasteiger partial charge in [-0.25, -0.2) is 0 Å². The van der Waals surface area contributed by atoms with Gasteiger partial charge in [0.15, 0.2) is 0 Å². The maximum atomic E-state index is 12.3. The lowest BCUT2D eigenvalue weighted by Crippen LogP contribution is -2.41. The molecule has 0 aliphatic carbocycles. The predicted molar refractivity (Wildman–Crippen MR) is 71.0 cm³/mol. The van der Waals surface area contributed by atoms with Gasteiger partial charge in [0.25, 0.3) is 0 Å². The van der Waals surface area contributed by atoms with Crippen molar-refractivity contribution in [2.24, 2.45) is 5.41 Å². The molecule has 0 saturated carbocycles. The summed E-state index contributed by atoms with van der Waals surface area (Å²) in [5.41, 5.74) is 1.83. The van der Waals surface area contributed by atoms with Gasteiger partial charge < -0.3 is 10.6 Å². The van der Waals surface area contributed by atoms with Gasteiger partial charge in [-0.2, -0.15) is 0 Å². The molecule has 2 rings (SSSR count). The third-order valence-electron chi connectivity index (χ3n) is 3.83. The van der Waals surface area contributed by atoms with E-state index in [1.54, 1.807) is 0 Å². The standard InChI is InChI=1S/C14H21N3O/c1-3-14(6-7-15-10-14)13(18)17-9-12-5-4-11(2)16-8-12/h4-5,8,15H,3,6-7,9-10H2,1-2H3,(H,17,18). The largest absolute Gasteiger partial charge is 0.351 e. The molecule has 1 fully saturated rings. The zero-order valence-electron chi connectivity index (χ0n) is 11.1. The fraction of sp³-hybridized carbons (Fsp3) is 0.571. The van der Waals surface area contributed by atoms with Crippen LogP contribution in [0.4, 0.5) is 0 Å². The molecule has 1 aromatic heterocycles. The molecule has 1 aromatic rings. The normalized spacial score (nSPS) is 23.0. The average molecular weight is 247 g/mol.